The summed E-state index contributed by atoms with van der Waals surface area (Å²) in [6, 6.07) is 7.82. The molecule has 0 unspecified atom stereocenters. The number of rotatable bonds is 4. The van der Waals surface area contributed by atoms with Gasteiger partial charge in [-0.15, -0.1) is 5.11 Å². The average Bonchev–Trinajstić information content (AvgIpc) is 2.60. The normalized spacial score (nSPS) is 12.6. The van der Waals surface area contributed by atoms with E-state index in [1.165, 1.54) is 24.3 Å². The molecule has 3 aromatic carbocycles. The van der Waals surface area contributed by atoms with Crippen molar-refractivity contribution in [2.75, 3.05) is 5.73 Å². The van der Waals surface area contributed by atoms with E-state index in [1.807, 2.05) is 0 Å². The fourth-order valence-electron chi connectivity index (χ4n) is 2.52. The highest BCUT2D eigenvalue weighted by atomic mass is 32.2. The van der Waals surface area contributed by atoms with Crippen molar-refractivity contribution in [3.8, 4) is 11.5 Å². The Labute approximate surface area is 164 Å². The first kappa shape index (κ1) is 20.5. The summed E-state index contributed by atoms with van der Waals surface area (Å²) in [5.74, 6) is -1.78. The quantitative estimate of drug-likeness (QED) is 0.309. The number of nitrogen functional groups attached to an aromatic ring is 1. The van der Waals surface area contributed by atoms with Gasteiger partial charge in [0.15, 0.2) is 5.75 Å². The van der Waals surface area contributed by atoms with E-state index in [1.54, 1.807) is 0 Å². The molecule has 4 N–H and O–H groups in total. The van der Waals surface area contributed by atoms with Crippen LogP contribution in [0.4, 0.5) is 17.1 Å². The minimum absolute atomic E-state index is 0.213. The van der Waals surface area contributed by atoms with Gasteiger partial charge in [0.1, 0.15) is 31.7 Å². The van der Waals surface area contributed by atoms with E-state index in [0.29, 0.717) is 23.9 Å². The van der Waals surface area contributed by atoms with Gasteiger partial charge in [0.2, 0.25) is 0 Å². The van der Waals surface area contributed by atoms with E-state index >= 15 is 0 Å². The molecule has 0 heterocycles. The third-order valence-corrected chi connectivity index (χ3v) is 5.48. The Hall–Kier alpha value is -3.26. The Morgan fingerprint density at radius 3 is 2.03 bits per heavy atom. The molecule has 0 aliphatic heterocycles. The maximum atomic E-state index is 11.6. The maximum Gasteiger partial charge on any atom is 0.155 e. The number of phenolic OH excluding ortho intramolecular Hbond substituents is 2. The monoisotopic (exact) mass is 437 g/mol. The lowest BCUT2D eigenvalue weighted by Gasteiger charge is -2.15. The average molecular weight is 437 g/mol. The van der Waals surface area contributed by atoms with Gasteiger partial charge in [-0.05, 0) is 47.9 Å². The van der Waals surface area contributed by atoms with Crippen molar-refractivity contribution in [3.05, 3.63) is 42.5 Å². The Morgan fingerprint density at radius 1 is 0.862 bits per heavy atom. The van der Waals surface area contributed by atoms with Crippen molar-refractivity contribution in [1.29, 1.82) is 0 Å². The number of nitrogens with two attached hydrogens (primary N) is 1. The second-order valence-corrected chi connectivity index (χ2v) is 8.54. The van der Waals surface area contributed by atoms with Gasteiger partial charge in [0, 0.05) is 5.69 Å². The van der Waals surface area contributed by atoms with Crippen molar-refractivity contribution >= 4 is 48.1 Å². The lowest BCUT2D eigenvalue weighted by molar-refractivity contribution is 0.451. The summed E-state index contributed by atoms with van der Waals surface area (Å²) in [7, 11) is -10.2. The summed E-state index contributed by atoms with van der Waals surface area (Å²) < 4.78 is 68.5. The lowest BCUT2D eigenvalue weighted by Crippen LogP contribution is -2.01. The number of anilines is 1. The molecule has 3 aromatic rings. The van der Waals surface area contributed by atoms with Crippen molar-refractivity contribution < 1.29 is 36.2 Å². The molecule has 11 nitrogen and oxygen atoms in total. The number of benzene rings is 3. The van der Waals surface area contributed by atoms with Crippen LogP contribution in [0.2, 0.25) is 0 Å². The zero-order valence-electron chi connectivity index (χ0n) is 14.2. The zero-order chi connectivity index (χ0) is 21.6. The van der Waals surface area contributed by atoms with Crippen LogP contribution in [0.5, 0.6) is 11.5 Å². The lowest BCUT2D eigenvalue weighted by atomic mass is 10.1. The number of azo groups is 1. The van der Waals surface area contributed by atoms with E-state index in [-0.39, 0.29) is 11.1 Å². The maximum absolute atomic E-state index is 11.6. The van der Waals surface area contributed by atoms with Crippen LogP contribution in [0.1, 0.15) is 0 Å². The van der Waals surface area contributed by atoms with Gasteiger partial charge < -0.3 is 25.1 Å². The van der Waals surface area contributed by atoms with Crippen LogP contribution in [0, 0.1) is 0 Å². The summed E-state index contributed by atoms with van der Waals surface area (Å²) in [6.45, 7) is 0. The fourth-order valence-corrected chi connectivity index (χ4v) is 3.69. The molecular formula is C16H11N3O8S2-2. The first-order valence-corrected chi connectivity index (χ1v) is 10.4. The minimum atomic E-state index is -5.21. The van der Waals surface area contributed by atoms with Crippen LogP contribution in [0.25, 0.3) is 10.8 Å². The van der Waals surface area contributed by atoms with Gasteiger partial charge >= 0.3 is 0 Å². The summed E-state index contributed by atoms with van der Waals surface area (Å²) in [4.78, 5) is -1.91. The summed E-state index contributed by atoms with van der Waals surface area (Å²) in [6.07, 6.45) is 0. The molecule has 0 fully saturated rings. The molecule has 29 heavy (non-hydrogen) atoms. The molecule has 0 aliphatic rings. The molecular weight excluding hydrogens is 426 g/mol. The Kier molecular flexibility index (Phi) is 4.92. The van der Waals surface area contributed by atoms with Crippen LogP contribution < -0.4 is 5.73 Å². The third kappa shape index (κ3) is 4.12. The Balaban J connectivity index is 2.32. The van der Waals surface area contributed by atoms with Gasteiger partial charge in [-0.3, -0.25) is 0 Å². The molecule has 152 valence electrons. The number of phenols is 2. The SMILES string of the molecule is Nc1ccc(N=Nc2c(S(=O)(=O)[O-])cc3cc(S(=O)(=O)[O-])cc(O)c3c2O)cc1. The van der Waals surface area contributed by atoms with Gasteiger partial charge in [0.05, 0.1) is 20.9 Å². The molecule has 0 aliphatic carbocycles. The van der Waals surface area contributed by atoms with Crippen LogP contribution in [-0.2, 0) is 20.2 Å². The Morgan fingerprint density at radius 2 is 1.48 bits per heavy atom. The van der Waals surface area contributed by atoms with Crippen molar-refractivity contribution in [3.63, 3.8) is 0 Å². The summed E-state index contributed by atoms with van der Waals surface area (Å²) >= 11 is 0. The highest BCUT2D eigenvalue weighted by molar-refractivity contribution is 7.86. The highest BCUT2D eigenvalue weighted by Crippen LogP contribution is 2.45. The first-order valence-electron chi connectivity index (χ1n) is 7.59. The second kappa shape index (κ2) is 6.97. The zero-order valence-corrected chi connectivity index (χ0v) is 15.8. The van der Waals surface area contributed by atoms with Crippen molar-refractivity contribution in [2.24, 2.45) is 10.2 Å². The highest BCUT2D eigenvalue weighted by Gasteiger charge is 2.21. The predicted molar refractivity (Wildman–Crippen MR) is 98.2 cm³/mol. The topological polar surface area (TPSA) is 206 Å². The number of hydrogen-bond donors (Lipinski definition) is 3. The molecule has 0 bridgehead atoms. The molecule has 0 atom stereocenters. The number of aromatic hydroxyl groups is 2. The standard InChI is InChI=1S/C16H13N3O8S2/c17-9-1-3-10(4-2-9)18-19-15-13(29(25,26)27)6-8-5-11(28(22,23)24)7-12(20)14(8)16(15)21/h1-7,20-21H,17H2,(H,22,23,24)(H,25,26,27)/p-2. The van der Waals surface area contributed by atoms with Gasteiger partial charge in [-0.1, -0.05) is 0 Å². The van der Waals surface area contributed by atoms with E-state index in [4.69, 9.17) is 5.73 Å². The number of fused-ring (bicyclic) bond motifs is 1. The molecule has 13 heteroatoms. The van der Waals surface area contributed by atoms with Gasteiger partial charge in [-0.25, -0.2) is 16.8 Å². The molecule has 0 radical (unpaired) electrons. The third-order valence-electron chi connectivity index (χ3n) is 3.82. The fraction of sp³-hybridized carbons (Fsp3) is 0. The van der Waals surface area contributed by atoms with E-state index in [2.05, 4.69) is 10.2 Å². The van der Waals surface area contributed by atoms with Crippen LogP contribution >= 0.6 is 0 Å². The largest absolute Gasteiger partial charge is 0.744 e. The summed E-state index contributed by atoms with van der Waals surface area (Å²) in [5.41, 5.74) is 5.41. The predicted octanol–water partition coefficient (Wildman–Crippen LogP) is 2.06. The molecule has 0 aromatic heterocycles. The number of hydrogen-bond acceptors (Lipinski definition) is 11. The van der Waals surface area contributed by atoms with Crippen LogP contribution in [0.3, 0.4) is 0 Å². The molecule has 0 amide bonds. The second-order valence-electron chi connectivity index (χ2n) is 5.81. The van der Waals surface area contributed by atoms with E-state index in [9.17, 15) is 36.2 Å². The van der Waals surface area contributed by atoms with Crippen molar-refractivity contribution in [1.82, 2.24) is 0 Å². The van der Waals surface area contributed by atoms with Crippen LogP contribution in [0.15, 0.2) is 62.5 Å². The minimum Gasteiger partial charge on any atom is -0.744 e. The molecule has 3 rings (SSSR count). The number of nitrogens with zero attached hydrogens (tertiary/aromatic N) is 2. The molecule has 0 saturated carbocycles. The van der Waals surface area contributed by atoms with E-state index in [0.717, 1.165) is 0 Å². The van der Waals surface area contributed by atoms with Gasteiger partial charge in [-0.2, -0.15) is 5.11 Å². The molecule has 0 saturated heterocycles. The van der Waals surface area contributed by atoms with Crippen molar-refractivity contribution in [2.45, 2.75) is 9.79 Å². The first-order chi connectivity index (χ1) is 13.4. The Bertz CT molecular complexity index is 1370. The summed E-state index contributed by atoms with van der Waals surface area (Å²) in [5, 5.41) is 27.0. The van der Waals surface area contributed by atoms with Crippen LogP contribution in [-0.4, -0.2) is 36.2 Å². The molecule has 0 spiro atoms. The van der Waals surface area contributed by atoms with E-state index < -0.39 is 52.6 Å². The van der Waals surface area contributed by atoms with Gasteiger partial charge in [0.25, 0.3) is 0 Å². The smallest absolute Gasteiger partial charge is 0.155 e.